The molecule has 9 nitrogen and oxygen atoms in total. The fraction of sp³-hybridized carbons (Fsp3) is 0.462. The van der Waals surface area contributed by atoms with Gasteiger partial charge in [-0.2, -0.15) is 0 Å². The first-order valence-electron chi connectivity index (χ1n) is 11.8. The van der Waals surface area contributed by atoms with Crippen LogP contribution in [0.4, 0.5) is 16.2 Å². The van der Waals surface area contributed by atoms with E-state index in [-0.39, 0.29) is 36.5 Å². The molecule has 1 aliphatic heterocycles. The lowest BCUT2D eigenvalue weighted by atomic mass is 10.1. The summed E-state index contributed by atoms with van der Waals surface area (Å²) in [6.45, 7) is 11.1. The number of carbonyl (C=O) groups excluding carboxylic acids is 3. The van der Waals surface area contributed by atoms with Crippen LogP contribution in [0.15, 0.2) is 24.3 Å². The maximum atomic E-state index is 13.7. The van der Waals surface area contributed by atoms with E-state index in [2.05, 4.69) is 41.9 Å². The number of piperazine rings is 1. The summed E-state index contributed by atoms with van der Waals surface area (Å²) in [5, 5.41) is 0. The highest BCUT2D eigenvalue weighted by molar-refractivity contribution is 6.01. The summed E-state index contributed by atoms with van der Waals surface area (Å²) >= 11 is 0. The number of esters is 1. The van der Waals surface area contributed by atoms with Crippen LogP contribution >= 0.6 is 0 Å². The van der Waals surface area contributed by atoms with Crippen LogP contribution in [0.1, 0.15) is 41.0 Å². The summed E-state index contributed by atoms with van der Waals surface area (Å²) in [6, 6.07) is 7.62. The molecule has 1 aromatic heterocycles. The molecule has 1 fully saturated rings. The fourth-order valence-electron chi connectivity index (χ4n) is 4.32. The Labute approximate surface area is 206 Å². The topological polar surface area (TPSA) is 92.3 Å². The van der Waals surface area contributed by atoms with Crippen LogP contribution in [0.25, 0.3) is 0 Å². The Balaban J connectivity index is 1.88. The van der Waals surface area contributed by atoms with E-state index in [1.165, 1.54) is 30.1 Å². The second-order valence-corrected chi connectivity index (χ2v) is 8.70. The lowest BCUT2D eigenvalue weighted by Crippen LogP contribution is -2.54. The van der Waals surface area contributed by atoms with Crippen molar-refractivity contribution in [2.45, 2.75) is 34.6 Å². The predicted molar refractivity (Wildman–Crippen MR) is 135 cm³/mol. The van der Waals surface area contributed by atoms with E-state index in [0.29, 0.717) is 37.4 Å². The minimum Gasteiger partial charge on any atom is -0.480 e. The Morgan fingerprint density at radius 3 is 2.17 bits per heavy atom. The first-order chi connectivity index (χ1) is 16.6. The largest absolute Gasteiger partial charge is 0.480 e. The number of rotatable bonds is 7. The van der Waals surface area contributed by atoms with Gasteiger partial charge in [0.1, 0.15) is 12.2 Å². The highest BCUT2D eigenvalue weighted by Crippen LogP contribution is 2.30. The standard InChI is InChI=1S/C26H34N4O5/c1-7-35-24(32)16-30(23-15-22(20(5)31)19(4)27-25(23)34-6)26(33)29-10-8-28(9-11-29)21-13-17(2)12-18(3)14-21/h12-15H,7-11,16H2,1-6H3. The molecule has 2 heterocycles. The number of Topliss-reactive ketones (excluding diaryl/α,β-unsaturated/α-hetero) is 1. The van der Waals surface area contributed by atoms with Gasteiger partial charge in [0.05, 0.1) is 19.4 Å². The number of pyridine rings is 1. The van der Waals surface area contributed by atoms with Gasteiger partial charge in [0, 0.05) is 37.4 Å². The van der Waals surface area contributed by atoms with Crippen molar-refractivity contribution in [1.82, 2.24) is 9.88 Å². The molecule has 0 aliphatic carbocycles. The summed E-state index contributed by atoms with van der Waals surface area (Å²) in [5.41, 5.74) is 4.64. The van der Waals surface area contributed by atoms with Crippen LogP contribution in [0, 0.1) is 20.8 Å². The quantitative estimate of drug-likeness (QED) is 0.440. The van der Waals surface area contributed by atoms with Gasteiger partial charge >= 0.3 is 12.0 Å². The Morgan fingerprint density at radius 1 is 1.00 bits per heavy atom. The highest BCUT2D eigenvalue weighted by Gasteiger charge is 2.31. The molecule has 0 atom stereocenters. The van der Waals surface area contributed by atoms with Crippen molar-refractivity contribution >= 4 is 29.2 Å². The maximum Gasteiger partial charge on any atom is 0.326 e. The van der Waals surface area contributed by atoms with Crippen LogP contribution in [-0.4, -0.2) is 74.1 Å². The lowest BCUT2D eigenvalue weighted by molar-refractivity contribution is -0.141. The Hall–Kier alpha value is -3.62. The van der Waals surface area contributed by atoms with Gasteiger partial charge in [-0.25, -0.2) is 9.78 Å². The number of ether oxygens (including phenoxy) is 2. The molecule has 188 valence electrons. The second kappa shape index (κ2) is 11.2. The van der Waals surface area contributed by atoms with Crippen LogP contribution in [-0.2, 0) is 9.53 Å². The van der Waals surface area contributed by atoms with Crippen LogP contribution in [0.3, 0.4) is 0 Å². The third-order valence-corrected chi connectivity index (χ3v) is 5.97. The fourth-order valence-corrected chi connectivity index (χ4v) is 4.32. The van der Waals surface area contributed by atoms with E-state index in [9.17, 15) is 14.4 Å². The first-order valence-corrected chi connectivity index (χ1v) is 11.8. The zero-order chi connectivity index (χ0) is 25.7. The third kappa shape index (κ3) is 6.09. The Kier molecular flexibility index (Phi) is 8.32. The van der Waals surface area contributed by atoms with Gasteiger partial charge in [0.15, 0.2) is 5.78 Å². The molecule has 1 aromatic carbocycles. The molecular formula is C26H34N4O5. The van der Waals surface area contributed by atoms with Gasteiger partial charge in [0.25, 0.3) is 0 Å². The molecule has 0 bridgehead atoms. The molecule has 3 rings (SSSR count). The predicted octanol–water partition coefficient (Wildman–Crippen LogP) is 3.53. The second-order valence-electron chi connectivity index (χ2n) is 8.70. The van der Waals surface area contributed by atoms with Gasteiger partial charge < -0.3 is 19.3 Å². The summed E-state index contributed by atoms with van der Waals surface area (Å²) in [6.07, 6.45) is 0. The number of urea groups is 1. The van der Waals surface area contributed by atoms with Gasteiger partial charge in [-0.05, 0) is 63.9 Å². The molecular weight excluding hydrogens is 448 g/mol. The van der Waals surface area contributed by atoms with Crippen molar-refractivity contribution in [2.75, 3.05) is 56.2 Å². The number of nitrogens with zero attached hydrogens (tertiary/aromatic N) is 4. The third-order valence-electron chi connectivity index (χ3n) is 5.97. The van der Waals surface area contributed by atoms with Gasteiger partial charge in [0.2, 0.25) is 5.88 Å². The van der Waals surface area contributed by atoms with Gasteiger partial charge in [-0.1, -0.05) is 6.07 Å². The minimum atomic E-state index is -0.554. The summed E-state index contributed by atoms with van der Waals surface area (Å²) in [5.74, 6) is -0.578. The molecule has 0 unspecified atom stereocenters. The molecule has 0 radical (unpaired) electrons. The Morgan fingerprint density at radius 2 is 1.63 bits per heavy atom. The molecule has 0 spiro atoms. The van der Waals surface area contributed by atoms with Crippen molar-refractivity contribution < 1.29 is 23.9 Å². The maximum absolute atomic E-state index is 13.7. The highest BCUT2D eigenvalue weighted by atomic mass is 16.5. The van der Waals surface area contributed by atoms with Gasteiger partial charge in [-0.3, -0.25) is 14.5 Å². The van der Waals surface area contributed by atoms with Gasteiger partial charge in [-0.15, -0.1) is 0 Å². The molecule has 35 heavy (non-hydrogen) atoms. The average Bonchev–Trinajstić information content (AvgIpc) is 2.81. The number of benzene rings is 1. The number of hydrogen-bond acceptors (Lipinski definition) is 7. The molecule has 0 N–H and O–H groups in total. The molecule has 1 saturated heterocycles. The number of methoxy groups -OCH3 is 1. The number of hydrogen-bond donors (Lipinski definition) is 0. The zero-order valence-electron chi connectivity index (χ0n) is 21.4. The number of anilines is 2. The van der Waals surface area contributed by atoms with Crippen molar-refractivity contribution in [3.05, 3.63) is 46.6 Å². The van der Waals surface area contributed by atoms with E-state index in [4.69, 9.17) is 9.47 Å². The molecule has 2 aromatic rings. The van der Waals surface area contributed by atoms with Crippen LogP contribution in [0.2, 0.25) is 0 Å². The summed E-state index contributed by atoms with van der Waals surface area (Å²) < 4.78 is 10.5. The van der Waals surface area contributed by atoms with Crippen molar-refractivity contribution in [3.8, 4) is 5.88 Å². The summed E-state index contributed by atoms with van der Waals surface area (Å²) in [4.78, 5) is 47.9. The monoisotopic (exact) mass is 482 g/mol. The first kappa shape index (κ1) is 26.0. The van der Waals surface area contributed by atoms with Crippen molar-refractivity contribution in [3.63, 3.8) is 0 Å². The van der Waals surface area contributed by atoms with E-state index in [1.54, 1.807) is 24.8 Å². The lowest BCUT2D eigenvalue weighted by Gasteiger charge is -2.38. The molecule has 1 aliphatic rings. The van der Waals surface area contributed by atoms with Crippen molar-refractivity contribution in [1.29, 1.82) is 0 Å². The number of amides is 2. The zero-order valence-corrected chi connectivity index (χ0v) is 21.4. The van der Waals surface area contributed by atoms with Crippen LogP contribution in [0.5, 0.6) is 5.88 Å². The molecule has 0 saturated carbocycles. The van der Waals surface area contributed by atoms with E-state index >= 15 is 0 Å². The number of carbonyl (C=O) groups is 3. The van der Waals surface area contributed by atoms with E-state index in [0.717, 1.165) is 5.69 Å². The minimum absolute atomic E-state index is 0.166. The normalized spacial score (nSPS) is 13.4. The molecule has 2 amide bonds. The number of ketones is 1. The van der Waals surface area contributed by atoms with E-state index < -0.39 is 5.97 Å². The summed E-state index contributed by atoms with van der Waals surface area (Å²) in [7, 11) is 1.44. The number of aromatic nitrogens is 1. The Bertz CT molecular complexity index is 1090. The SMILES string of the molecule is CCOC(=O)CN(C(=O)N1CCN(c2cc(C)cc(C)c2)CC1)c1cc(C(C)=O)c(C)nc1OC. The molecule has 9 heteroatoms. The van der Waals surface area contributed by atoms with Crippen LogP contribution < -0.4 is 14.5 Å². The van der Waals surface area contributed by atoms with Crippen molar-refractivity contribution in [2.24, 2.45) is 0 Å². The smallest absolute Gasteiger partial charge is 0.326 e. The average molecular weight is 483 g/mol. The number of aryl methyl sites for hydroxylation is 3. The van der Waals surface area contributed by atoms with E-state index in [1.807, 2.05) is 0 Å².